The first-order valence-electron chi connectivity index (χ1n) is 6.05. The summed E-state index contributed by atoms with van der Waals surface area (Å²) in [6.45, 7) is 2.08. The van der Waals surface area contributed by atoms with Crippen LogP contribution in [0, 0.1) is 0 Å². The number of hydrogen-bond acceptors (Lipinski definition) is 4. The number of nitrogen functional groups attached to an aromatic ring is 1. The second-order valence-electron chi connectivity index (χ2n) is 4.19. The van der Waals surface area contributed by atoms with Crippen molar-refractivity contribution in [3.63, 3.8) is 0 Å². The number of aromatic nitrogens is 1. The van der Waals surface area contributed by atoms with Gasteiger partial charge in [-0.3, -0.25) is 9.29 Å². The SMILES string of the molecule is CCN(c1ccncc1)S(=O)(=O)c1c(Br)cc(N)cc1Br. The first kappa shape index (κ1) is 16.3. The lowest BCUT2D eigenvalue weighted by Gasteiger charge is -2.24. The highest BCUT2D eigenvalue weighted by Gasteiger charge is 2.28. The maximum Gasteiger partial charge on any atom is 0.266 e. The summed E-state index contributed by atoms with van der Waals surface area (Å²) in [5.74, 6) is 0. The fourth-order valence-corrected chi connectivity index (χ4v) is 5.96. The van der Waals surface area contributed by atoms with Gasteiger partial charge in [-0.05, 0) is 63.0 Å². The first-order chi connectivity index (χ1) is 9.87. The van der Waals surface area contributed by atoms with E-state index in [1.54, 1.807) is 43.6 Å². The van der Waals surface area contributed by atoms with E-state index in [1.807, 2.05) is 0 Å². The summed E-state index contributed by atoms with van der Waals surface area (Å²) in [7, 11) is -3.73. The summed E-state index contributed by atoms with van der Waals surface area (Å²) >= 11 is 6.55. The first-order valence-corrected chi connectivity index (χ1v) is 9.07. The molecule has 1 aromatic heterocycles. The number of rotatable bonds is 4. The van der Waals surface area contributed by atoms with Gasteiger partial charge in [0.05, 0.1) is 5.69 Å². The van der Waals surface area contributed by atoms with Crippen LogP contribution >= 0.6 is 31.9 Å². The Morgan fingerprint density at radius 2 is 1.71 bits per heavy atom. The van der Waals surface area contributed by atoms with Gasteiger partial charge in [-0.25, -0.2) is 8.42 Å². The molecular formula is C13H13Br2N3O2S. The molecule has 1 aromatic carbocycles. The van der Waals surface area contributed by atoms with Crippen LogP contribution < -0.4 is 10.0 Å². The van der Waals surface area contributed by atoms with Crippen LogP contribution in [0.3, 0.4) is 0 Å². The van der Waals surface area contributed by atoms with E-state index in [4.69, 9.17) is 5.73 Å². The average Bonchev–Trinajstić information content (AvgIpc) is 2.38. The standard InChI is InChI=1S/C13H13Br2N3O2S/c1-2-18(10-3-5-17-6-4-10)21(19,20)13-11(14)7-9(16)8-12(13)15/h3-8H,2,16H2,1H3. The molecule has 0 saturated carbocycles. The van der Waals surface area contributed by atoms with Crippen LogP contribution in [0.4, 0.5) is 11.4 Å². The number of nitrogens with two attached hydrogens (primary N) is 1. The third kappa shape index (κ3) is 3.22. The number of anilines is 2. The number of benzene rings is 1. The van der Waals surface area contributed by atoms with Gasteiger partial charge in [0.1, 0.15) is 4.90 Å². The Balaban J connectivity index is 2.61. The van der Waals surface area contributed by atoms with Crippen molar-refractivity contribution >= 4 is 53.3 Å². The minimum Gasteiger partial charge on any atom is -0.399 e. The third-order valence-electron chi connectivity index (χ3n) is 2.81. The highest BCUT2D eigenvalue weighted by atomic mass is 79.9. The van der Waals surface area contributed by atoms with Crippen LogP contribution in [0.1, 0.15) is 6.92 Å². The Bertz CT molecular complexity index is 728. The van der Waals surface area contributed by atoms with E-state index in [9.17, 15) is 8.42 Å². The molecule has 2 N–H and O–H groups in total. The van der Waals surface area contributed by atoms with Crippen molar-refractivity contribution in [2.45, 2.75) is 11.8 Å². The molecule has 2 aromatic rings. The molecule has 0 aliphatic heterocycles. The molecule has 0 unspecified atom stereocenters. The van der Waals surface area contributed by atoms with Crippen LogP contribution in [-0.2, 0) is 10.0 Å². The molecule has 1 heterocycles. The molecular weight excluding hydrogens is 422 g/mol. The van der Waals surface area contributed by atoms with E-state index in [0.29, 0.717) is 26.9 Å². The number of sulfonamides is 1. The lowest BCUT2D eigenvalue weighted by atomic mass is 10.3. The zero-order valence-corrected chi connectivity index (χ0v) is 15.1. The maximum absolute atomic E-state index is 12.9. The minimum absolute atomic E-state index is 0.148. The molecule has 0 fully saturated rings. The molecule has 0 amide bonds. The van der Waals surface area contributed by atoms with Crippen molar-refractivity contribution in [1.82, 2.24) is 4.98 Å². The van der Waals surface area contributed by atoms with E-state index in [-0.39, 0.29) is 4.90 Å². The third-order valence-corrected chi connectivity index (χ3v) is 6.59. The second kappa shape index (κ2) is 6.33. The molecule has 0 bridgehead atoms. The molecule has 0 radical (unpaired) electrons. The molecule has 5 nitrogen and oxygen atoms in total. The molecule has 8 heteroatoms. The Morgan fingerprint density at radius 3 is 2.19 bits per heavy atom. The van der Waals surface area contributed by atoms with Gasteiger partial charge in [0.2, 0.25) is 0 Å². The monoisotopic (exact) mass is 433 g/mol. The van der Waals surface area contributed by atoms with Crippen molar-refractivity contribution in [2.75, 3.05) is 16.6 Å². The summed E-state index contributed by atoms with van der Waals surface area (Å²) < 4.78 is 28.0. The van der Waals surface area contributed by atoms with Gasteiger partial charge in [0.15, 0.2) is 0 Å². The van der Waals surface area contributed by atoms with Crippen molar-refractivity contribution in [1.29, 1.82) is 0 Å². The van der Waals surface area contributed by atoms with Gasteiger partial charge in [-0.15, -0.1) is 0 Å². The van der Waals surface area contributed by atoms with Crippen LogP contribution in [0.15, 0.2) is 50.5 Å². The molecule has 0 aliphatic rings. The zero-order chi connectivity index (χ0) is 15.6. The van der Waals surface area contributed by atoms with Crippen molar-refractivity contribution in [3.8, 4) is 0 Å². The molecule has 2 rings (SSSR count). The molecule has 0 aliphatic carbocycles. The van der Waals surface area contributed by atoms with Gasteiger partial charge in [-0.2, -0.15) is 0 Å². The fraction of sp³-hybridized carbons (Fsp3) is 0.154. The van der Waals surface area contributed by atoms with E-state index in [1.165, 1.54) is 4.31 Å². The Hall–Kier alpha value is -1.12. The van der Waals surface area contributed by atoms with Gasteiger partial charge >= 0.3 is 0 Å². The van der Waals surface area contributed by atoms with Crippen molar-refractivity contribution in [2.24, 2.45) is 0 Å². The quantitative estimate of drug-likeness (QED) is 0.748. The topological polar surface area (TPSA) is 76.3 Å². The van der Waals surface area contributed by atoms with E-state index in [2.05, 4.69) is 36.8 Å². The van der Waals surface area contributed by atoms with Gasteiger partial charge < -0.3 is 5.73 Å². The molecule has 0 spiro atoms. The summed E-state index contributed by atoms with van der Waals surface area (Å²) in [4.78, 5) is 4.06. The summed E-state index contributed by atoms with van der Waals surface area (Å²) in [5.41, 5.74) is 6.75. The average molecular weight is 435 g/mol. The number of halogens is 2. The lowest BCUT2D eigenvalue weighted by Crippen LogP contribution is -2.31. The Labute approximate surface area is 140 Å². The van der Waals surface area contributed by atoms with Gasteiger partial charge in [0, 0.05) is 33.6 Å². The predicted molar refractivity (Wildman–Crippen MR) is 90.7 cm³/mol. The van der Waals surface area contributed by atoms with Gasteiger partial charge in [-0.1, -0.05) is 0 Å². The van der Waals surface area contributed by atoms with E-state index >= 15 is 0 Å². The van der Waals surface area contributed by atoms with Crippen LogP contribution in [0.5, 0.6) is 0 Å². The number of hydrogen-bond donors (Lipinski definition) is 1. The van der Waals surface area contributed by atoms with Crippen molar-refractivity contribution < 1.29 is 8.42 Å². The minimum atomic E-state index is -3.73. The van der Waals surface area contributed by atoms with E-state index < -0.39 is 10.0 Å². The molecule has 21 heavy (non-hydrogen) atoms. The lowest BCUT2D eigenvalue weighted by molar-refractivity contribution is 0.591. The largest absolute Gasteiger partial charge is 0.399 e. The Morgan fingerprint density at radius 1 is 1.19 bits per heavy atom. The smallest absolute Gasteiger partial charge is 0.266 e. The molecule has 112 valence electrons. The summed E-state index contributed by atoms with van der Waals surface area (Å²) in [5, 5.41) is 0. The highest BCUT2D eigenvalue weighted by Crippen LogP contribution is 2.35. The number of nitrogens with zero attached hydrogens (tertiary/aromatic N) is 2. The van der Waals surface area contributed by atoms with Crippen LogP contribution in [0.2, 0.25) is 0 Å². The van der Waals surface area contributed by atoms with Crippen molar-refractivity contribution in [3.05, 3.63) is 45.6 Å². The normalized spacial score (nSPS) is 11.4. The second-order valence-corrected chi connectivity index (χ2v) is 7.70. The molecule has 0 saturated heterocycles. The predicted octanol–water partition coefficient (Wildman–Crippen LogP) is 3.40. The van der Waals surface area contributed by atoms with Crippen LogP contribution in [-0.4, -0.2) is 19.9 Å². The Kier molecular flexibility index (Phi) is 4.90. The number of pyridine rings is 1. The highest BCUT2D eigenvalue weighted by molar-refractivity contribution is 9.11. The fourth-order valence-electron chi connectivity index (χ4n) is 1.94. The van der Waals surface area contributed by atoms with E-state index in [0.717, 1.165) is 0 Å². The zero-order valence-electron chi connectivity index (χ0n) is 11.1. The maximum atomic E-state index is 12.9. The van der Waals surface area contributed by atoms with Crippen LogP contribution in [0.25, 0.3) is 0 Å². The van der Waals surface area contributed by atoms with Gasteiger partial charge in [0.25, 0.3) is 10.0 Å². The summed E-state index contributed by atoms with van der Waals surface area (Å²) in [6.07, 6.45) is 3.11. The molecule has 0 atom stereocenters. The summed E-state index contributed by atoms with van der Waals surface area (Å²) in [6, 6.07) is 6.44.